The Bertz CT molecular complexity index is 897. The summed E-state index contributed by atoms with van der Waals surface area (Å²) < 4.78 is 30.0. The SMILES string of the molecule is Cc1ccc(-c2nc(CS(=O)(=O)CCc3ccccc3)co2)cc1. The number of hydrogen-bond acceptors (Lipinski definition) is 4. The number of nitrogens with zero attached hydrogens (tertiary/aromatic N) is 1. The molecule has 5 heteroatoms. The Morgan fingerprint density at radius 2 is 1.71 bits per heavy atom. The van der Waals surface area contributed by atoms with Gasteiger partial charge in [-0.2, -0.15) is 0 Å². The summed E-state index contributed by atoms with van der Waals surface area (Å²) in [4.78, 5) is 4.30. The second-order valence-corrected chi connectivity index (χ2v) is 8.02. The highest BCUT2D eigenvalue weighted by molar-refractivity contribution is 7.90. The standard InChI is InChI=1S/C19H19NO3S/c1-15-7-9-17(10-8-15)19-20-18(13-23-19)14-24(21,22)12-11-16-5-3-2-4-6-16/h2-10,13H,11-12,14H2,1H3. The Kier molecular flexibility index (Phi) is 4.81. The Labute approximate surface area is 142 Å². The molecule has 1 aromatic heterocycles. The first-order valence-corrected chi connectivity index (χ1v) is 9.60. The summed E-state index contributed by atoms with van der Waals surface area (Å²) in [6, 6.07) is 17.4. The molecule has 0 bridgehead atoms. The highest BCUT2D eigenvalue weighted by Crippen LogP contribution is 2.20. The normalized spacial score (nSPS) is 11.5. The monoisotopic (exact) mass is 341 g/mol. The fraction of sp³-hybridized carbons (Fsp3) is 0.211. The molecule has 0 amide bonds. The van der Waals surface area contributed by atoms with Gasteiger partial charge in [0.25, 0.3) is 0 Å². The van der Waals surface area contributed by atoms with Gasteiger partial charge in [0.05, 0.1) is 17.2 Å². The van der Waals surface area contributed by atoms with Gasteiger partial charge in [0.1, 0.15) is 6.26 Å². The van der Waals surface area contributed by atoms with E-state index in [-0.39, 0.29) is 11.5 Å². The third-order valence-corrected chi connectivity index (χ3v) is 5.32. The first-order valence-electron chi connectivity index (χ1n) is 7.78. The van der Waals surface area contributed by atoms with E-state index < -0.39 is 9.84 Å². The predicted molar refractivity (Wildman–Crippen MR) is 94.3 cm³/mol. The number of aryl methyl sites for hydroxylation is 2. The van der Waals surface area contributed by atoms with E-state index in [0.29, 0.717) is 18.0 Å². The first-order chi connectivity index (χ1) is 11.5. The van der Waals surface area contributed by atoms with Gasteiger partial charge in [0.15, 0.2) is 9.84 Å². The van der Waals surface area contributed by atoms with E-state index in [1.165, 1.54) is 6.26 Å². The summed E-state index contributed by atoms with van der Waals surface area (Å²) in [6.07, 6.45) is 1.93. The molecule has 1 heterocycles. The van der Waals surface area contributed by atoms with Crippen LogP contribution >= 0.6 is 0 Å². The van der Waals surface area contributed by atoms with Crippen molar-refractivity contribution >= 4 is 9.84 Å². The van der Waals surface area contributed by atoms with E-state index in [2.05, 4.69) is 4.98 Å². The lowest BCUT2D eigenvalue weighted by Crippen LogP contribution is -2.11. The molecule has 0 saturated carbocycles. The number of hydrogen-bond donors (Lipinski definition) is 0. The zero-order valence-corrected chi connectivity index (χ0v) is 14.3. The van der Waals surface area contributed by atoms with Crippen LogP contribution in [0.2, 0.25) is 0 Å². The number of aromatic nitrogens is 1. The first kappa shape index (κ1) is 16.5. The van der Waals surface area contributed by atoms with E-state index in [1.807, 2.05) is 61.5 Å². The largest absolute Gasteiger partial charge is 0.444 e. The van der Waals surface area contributed by atoms with Crippen molar-refractivity contribution in [2.75, 3.05) is 5.75 Å². The molecule has 0 spiro atoms. The zero-order valence-electron chi connectivity index (χ0n) is 13.5. The van der Waals surface area contributed by atoms with Crippen LogP contribution in [0.3, 0.4) is 0 Å². The third kappa shape index (κ3) is 4.32. The van der Waals surface area contributed by atoms with Crippen LogP contribution in [0, 0.1) is 6.92 Å². The number of benzene rings is 2. The lowest BCUT2D eigenvalue weighted by Gasteiger charge is -2.02. The average molecular weight is 341 g/mol. The van der Waals surface area contributed by atoms with Gasteiger partial charge < -0.3 is 4.42 Å². The fourth-order valence-electron chi connectivity index (χ4n) is 2.42. The molecule has 0 saturated heterocycles. The highest BCUT2D eigenvalue weighted by Gasteiger charge is 2.16. The van der Waals surface area contributed by atoms with Crippen molar-refractivity contribution in [1.29, 1.82) is 0 Å². The summed E-state index contributed by atoms with van der Waals surface area (Å²) in [6.45, 7) is 2.00. The minimum Gasteiger partial charge on any atom is -0.444 e. The molecule has 0 N–H and O–H groups in total. The minimum atomic E-state index is -3.23. The highest BCUT2D eigenvalue weighted by atomic mass is 32.2. The molecule has 3 aromatic rings. The van der Waals surface area contributed by atoms with Crippen LogP contribution in [0.25, 0.3) is 11.5 Å². The maximum Gasteiger partial charge on any atom is 0.226 e. The van der Waals surface area contributed by atoms with Crippen LogP contribution in [0.5, 0.6) is 0 Å². The van der Waals surface area contributed by atoms with Gasteiger partial charge >= 0.3 is 0 Å². The quantitative estimate of drug-likeness (QED) is 0.684. The molecule has 24 heavy (non-hydrogen) atoms. The maximum absolute atomic E-state index is 12.3. The van der Waals surface area contributed by atoms with Crippen molar-refractivity contribution in [2.24, 2.45) is 0 Å². The second-order valence-electron chi connectivity index (χ2n) is 5.84. The summed E-state index contributed by atoms with van der Waals surface area (Å²) in [5.74, 6) is 0.446. The zero-order chi connectivity index (χ0) is 17.0. The van der Waals surface area contributed by atoms with Crippen molar-refractivity contribution < 1.29 is 12.8 Å². The Morgan fingerprint density at radius 3 is 2.42 bits per heavy atom. The molecule has 2 aromatic carbocycles. The molecule has 0 aliphatic heterocycles. The molecule has 0 aliphatic rings. The Balaban J connectivity index is 1.66. The summed E-state index contributed by atoms with van der Waals surface area (Å²) >= 11 is 0. The van der Waals surface area contributed by atoms with Crippen molar-refractivity contribution in [3.63, 3.8) is 0 Å². The Hall–Kier alpha value is -2.40. The summed E-state index contributed by atoms with van der Waals surface area (Å²) in [5.41, 5.74) is 3.45. The maximum atomic E-state index is 12.3. The van der Waals surface area contributed by atoms with Crippen LogP contribution in [-0.2, 0) is 22.0 Å². The van der Waals surface area contributed by atoms with Gasteiger partial charge in [-0.15, -0.1) is 0 Å². The molecule has 0 radical (unpaired) electrons. The van der Waals surface area contributed by atoms with Crippen LogP contribution in [0.1, 0.15) is 16.8 Å². The number of oxazole rings is 1. The van der Waals surface area contributed by atoms with Crippen molar-refractivity contribution in [3.05, 3.63) is 77.7 Å². The van der Waals surface area contributed by atoms with Crippen molar-refractivity contribution in [3.8, 4) is 11.5 Å². The molecule has 124 valence electrons. The van der Waals surface area contributed by atoms with E-state index in [0.717, 1.165) is 16.7 Å². The molecular formula is C19H19NO3S. The van der Waals surface area contributed by atoms with E-state index in [4.69, 9.17) is 4.42 Å². The molecule has 0 unspecified atom stereocenters. The summed E-state index contributed by atoms with van der Waals surface area (Å²) in [7, 11) is -3.23. The summed E-state index contributed by atoms with van der Waals surface area (Å²) in [5, 5.41) is 0. The van der Waals surface area contributed by atoms with Crippen molar-refractivity contribution in [2.45, 2.75) is 19.1 Å². The smallest absolute Gasteiger partial charge is 0.226 e. The lowest BCUT2D eigenvalue weighted by atomic mass is 10.1. The predicted octanol–water partition coefficient (Wildman–Crippen LogP) is 3.81. The van der Waals surface area contributed by atoms with Gasteiger partial charge in [-0.1, -0.05) is 48.0 Å². The molecule has 0 aliphatic carbocycles. The minimum absolute atomic E-state index is 0.101. The average Bonchev–Trinajstić information content (AvgIpc) is 3.02. The van der Waals surface area contributed by atoms with Gasteiger partial charge in [0, 0.05) is 5.56 Å². The van der Waals surface area contributed by atoms with Gasteiger partial charge in [-0.25, -0.2) is 13.4 Å². The molecule has 0 atom stereocenters. The molecule has 3 rings (SSSR count). The molecule has 0 fully saturated rings. The van der Waals surface area contributed by atoms with Crippen LogP contribution < -0.4 is 0 Å². The Morgan fingerprint density at radius 1 is 1.00 bits per heavy atom. The molecular weight excluding hydrogens is 322 g/mol. The molecule has 4 nitrogen and oxygen atoms in total. The van der Waals surface area contributed by atoms with Crippen molar-refractivity contribution in [1.82, 2.24) is 4.98 Å². The van der Waals surface area contributed by atoms with Gasteiger partial charge in [0.2, 0.25) is 5.89 Å². The lowest BCUT2D eigenvalue weighted by molar-refractivity contribution is 0.571. The third-order valence-electron chi connectivity index (χ3n) is 3.76. The van der Waals surface area contributed by atoms with E-state index in [1.54, 1.807) is 0 Å². The van der Waals surface area contributed by atoms with E-state index >= 15 is 0 Å². The topological polar surface area (TPSA) is 60.2 Å². The van der Waals surface area contributed by atoms with Crippen LogP contribution in [0.15, 0.2) is 65.3 Å². The fourth-order valence-corrected chi connectivity index (χ4v) is 3.69. The van der Waals surface area contributed by atoms with Crippen LogP contribution in [-0.4, -0.2) is 19.2 Å². The van der Waals surface area contributed by atoms with E-state index in [9.17, 15) is 8.42 Å². The van der Waals surface area contributed by atoms with Gasteiger partial charge in [-0.05, 0) is 31.0 Å². The second kappa shape index (κ2) is 7.01. The number of rotatable bonds is 6. The van der Waals surface area contributed by atoms with Crippen LogP contribution in [0.4, 0.5) is 0 Å². The number of sulfone groups is 1. The van der Waals surface area contributed by atoms with Gasteiger partial charge in [-0.3, -0.25) is 0 Å².